The number of amides is 1. The number of imidazole rings is 1. The van der Waals surface area contributed by atoms with Gasteiger partial charge < -0.3 is 9.88 Å². The van der Waals surface area contributed by atoms with E-state index in [-0.39, 0.29) is 5.91 Å². The zero-order valence-corrected chi connectivity index (χ0v) is 10.4. The van der Waals surface area contributed by atoms with Gasteiger partial charge in [-0.1, -0.05) is 18.9 Å². The number of rotatable bonds is 1. The Bertz CT molecular complexity index is 553. The van der Waals surface area contributed by atoms with Gasteiger partial charge in [-0.25, -0.2) is 4.98 Å². The molecule has 0 bridgehead atoms. The van der Waals surface area contributed by atoms with E-state index in [1.807, 2.05) is 23.1 Å². The molecule has 0 saturated carbocycles. The number of nitrogens with one attached hydrogen (secondary N) is 1. The molecule has 0 radical (unpaired) electrons. The standard InChI is InChI=1S/C14H17N3O/c18-14(17-8-3-1-2-4-9-17)11-6-5-7-12-13(11)16-10-15-12/h5-7,10H,1-4,8-9H2,(H,15,16). The molecule has 1 aliphatic heterocycles. The molecule has 2 heterocycles. The lowest BCUT2D eigenvalue weighted by Crippen LogP contribution is -2.31. The van der Waals surface area contributed by atoms with Crippen LogP contribution in [0, 0.1) is 0 Å². The molecule has 0 aliphatic carbocycles. The summed E-state index contributed by atoms with van der Waals surface area (Å²) in [5.41, 5.74) is 2.43. The maximum Gasteiger partial charge on any atom is 0.256 e. The van der Waals surface area contributed by atoms with E-state index in [0.717, 1.165) is 42.5 Å². The summed E-state index contributed by atoms with van der Waals surface area (Å²) >= 11 is 0. The molecule has 18 heavy (non-hydrogen) atoms. The fraction of sp³-hybridized carbons (Fsp3) is 0.429. The number of carbonyl (C=O) groups is 1. The average molecular weight is 243 g/mol. The summed E-state index contributed by atoms with van der Waals surface area (Å²) < 4.78 is 0. The van der Waals surface area contributed by atoms with Crippen LogP contribution >= 0.6 is 0 Å². The summed E-state index contributed by atoms with van der Waals surface area (Å²) in [5, 5.41) is 0. The van der Waals surface area contributed by atoms with Crippen LogP contribution < -0.4 is 0 Å². The molecule has 1 aromatic heterocycles. The van der Waals surface area contributed by atoms with Gasteiger partial charge in [-0.3, -0.25) is 4.79 Å². The molecule has 1 saturated heterocycles. The third-order valence-electron chi connectivity index (χ3n) is 3.57. The summed E-state index contributed by atoms with van der Waals surface area (Å²) in [4.78, 5) is 21.8. The highest BCUT2D eigenvalue weighted by molar-refractivity contribution is 6.04. The normalized spacial score (nSPS) is 16.8. The Morgan fingerprint density at radius 1 is 1.17 bits per heavy atom. The maximum atomic E-state index is 12.5. The summed E-state index contributed by atoms with van der Waals surface area (Å²) in [7, 11) is 0. The minimum absolute atomic E-state index is 0.120. The number of fused-ring (bicyclic) bond motifs is 1. The summed E-state index contributed by atoms with van der Waals surface area (Å²) in [6, 6.07) is 5.73. The minimum atomic E-state index is 0.120. The second kappa shape index (κ2) is 4.80. The molecule has 94 valence electrons. The van der Waals surface area contributed by atoms with E-state index >= 15 is 0 Å². The number of aromatic nitrogens is 2. The highest BCUT2D eigenvalue weighted by Gasteiger charge is 2.19. The number of hydrogen-bond donors (Lipinski definition) is 1. The lowest BCUT2D eigenvalue weighted by Gasteiger charge is -2.20. The highest BCUT2D eigenvalue weighted by Crippen LogP contribution is 2.18. The summed E-state index contributed by atoms with van der Waals surface area (Å²) in [6.45, 7) is 1.75. The number of H-pyrrole nitrogens is 1. The molecule has 1 aromatic carbocycles. The number of carbonyl (C=O) groups excluding carboxylic acids is 1. The first-order chi connectivity index (χ1) is 8.86. The van der Waals surface area contributed by atoms with Gasteiger partial charge in [0.2, 0.25) is 0 Å². The van der Waals surface area contributed by atoms with Crippen LogP contribution in [-0.2, 0) is 0 Å². The van der Waals surface area contributed by atoms with Gasteiger partial charge in [0.15, 0.2) is 0 Å². The summed E-state index contributed by atoms with van der Waals surface area (Å²) in [5.74, 6) is 0.120. The number of benzene rings is 1. The lowest BCUT2D eigenvalue weighted by molar-refractivity contribution is 0.0763. The maximum absolute atomic E-state index is 12.5. The largest absolute Gasteiger partial charge is 0.345 e. The molecule has 1 aliphatic rings. The van der Waals surface area contributed by atoms with E-state index in [1.54, 1.807) is 6.33 Å². The van der Waals surface area contributed by atoms with Crippen molar-refractivity contribution in [1.82, 2.24) is 14.9 Å². The molecular weight excluding hydrogens is 226 g/mol. The van der Waals surface area contributed by atoms with Crippen molar-refractivity contribution in [3.63, 3.8) is 0 Å². The fourth-order valence-electron chi connectivity index (χ4n) is 2.58. The third-order valence-corrected chi connectivity index (χ3v) is 3.57. The first kappa shape index (κ1) is 11.3. The van der Waals surface area contributed by atoms with Crippen molar-refractivity contribution < 1.29 is 4.79 Å². The smallest absolute Gasteiger partial charge is 0.256 e. The molecule has 1 N–H and O–H groups in total. The fourth-order valence-corrected chi connectivity index (χ4v) is 2.58. The van der Waals surface area contributed by atoms with Crippen molar-refractivity contribution in [2.75, 3.05) is 13.1 Å². The van der Waals surface area contributed by atoms with Gasteiger partial charge in [0.1, 0.15) is 5.52 Å². The Morgan fingerprint density at radius 2 is 1.94 bits per heavy atom. The van der Waals surface area contributed by atoms with E-state index in [2.05, 4.69) is 9.97 Å². The zero-order valence-electron chi connectivity index (χ0n) is 10.4. The predicted octanol–water partition coefficient (Wildman–Crippen LogP) is 2.58. The van der Waals surface area contributed by atoms with E-state index in [1.165, 1.54) is 12.8 Å². The van der Waals surface area contributed by atoms with Crippen molar-refractivity contribution in [2.45, 2.75) is 25.7 Å². The molecule has 2 aromatic rings. The van der Waals surface area contributed by atoms with Crippen molar-refractivity contribution in [3.8, 4) is 0 Å². The van der Waals surface area contributed by atoms with Gasteiger partial charge in [-0.2, -0.15) is 0 Å². The van der Waals surface area contributed by atoms with Crippen molar-refractivity contribution in [1.29, 1.82) is 0 Å². The molecular formula is C14H17N3O. The van der Waals surface area contributed by atoms with Crippen LogP contribution in [0.4, 0.5) is 0 Å². The Kier molecular flexibility index (Phi) is 3.00. The molecule has 0 unspecified atom stereocenters. The quantitative estimate of drug-likeness (QED) is 0.836. The van der Waals surface area contributed by atoms with Crippen molar-refractivity contribution in [2.24, 2.45) is 0 Å². The van der Waals surface area contributed by atoms with E-state index < -0.39 is 0 Å². The number of nitrogens with zero attached hydrogens (tertiary/aromatic N) is 2. The molecule has 4 heteroatoms. The Labute approximate surface area is 106 Å². The van der Waals surface area contributed by atoms with Crippen LogP contribution in [0.3, 0.4) is 0 Å². The van der Waals surface area contributed by atoms with Gasteiger partial charge in [-0.05, 0) is 25.0 Å². The van der Waals surface area contributed by atoms with Gasteiger partial charge >= 0.3 is 0 Å². The van der Waals surface area contributed by atoms with Crippen LogP contribution in [0.15, 0.2) is 24.5 Å². The third kappa shape index (κ3) is 1.98. The van der Waals surface area contributed by atoms with Gasteiger partial charge in [0.25, 0.3) is 5.91 Å². The van der Waals surface area contributed by atoms with Gasteiger partial charge in [0.05, 0.1) is 17.4 Å². The van der Waals surface area contributed by atoms with Crippen LogP contribution in [-0.4, -0.2) is 33.9 Å². The van der Waals surface area contributed by atoms with Gasteiger partial charge in [-0.15, -0.1) is 0 Å². The van der Waals surface area contributed by atoms with Crippen LogP contribution in [0.5, 0.6) is 0 Å². The highest BCUT2D eigenvalue weighted by atomic mass is 16.2. The van der Waals surface area contributed by atoms with Crippen LogP contribution in [0.25, 0.3) is 11.0 Å². The average Bonchev–Trinajstić information content (AvgIpc) is 2.71. The SMILES string of the molecule is O=C(c1cccc2[nH]cnc12)N1CCCCCC1. The molecule has 0 atom stereocenters. The zero-order chi connectivity index (χ0) is 12.4. The molecule has 0 spiro atoms. The predicted molar refractivity (Wildman–Crippen MR) is 70.5 cm³/mol. The van der Waals surface area contributed by atoms with Crippen molar-refractivity contribution >= 4 is 16.9 Å². The Balaban J connectivity index is 1.93. The van der Waals surface area contributed by atoms with Crippen LogP contribution in [0.2, 0.25) is 0 Å². The number of likely N-dealkylation sites (tertiary alicyclic amines) is 1. The van der Waals surface area contributed by atoms with Crippen LogP contribution in [0.1, 0.15) is 36.0 Å². The second-order valence-corrected chi connectivity index (χ2v) is 4.81. The molecule has 3 rings (SSSR count). The lowest BCUT2D eigenvalue weighted by atomic mass is 10.1. The first-order valence-electron chi connectivity index (χ1n) is 6.57. The first-order valence-corrected chi connectivity index (χ1v) is 6.57. The Hall–Kier alpha value is -1.84. The topological polar surface area (TPSA) is 49.0 Å². The molecule has 4 nitrogen and oxygen atoms in total. The monoisotopic (exact) mass is 243 g/mol. The second-order valence-electron chi connectivity index (χ2n) is 4.81. The number of aromatic amines is 1. The van der Waals surface area contributed by atoms with E-state index in [4.69, 9.17) is 0 Å². The van der Waals surface area contributed by atoms with E-state index in [0.29, 0.717) is 0 Å². The van der Waals surface area contributed by atoms with Gasteiger partial charge in [0, 0.05) is 13.1 Å². The number of hydrogen-bond acceptors (Lipinski definition) is 2. The number of para-hydroxylation sites is 1. The minimum Gasteiger partial charge on any atom is -0.345 e. The molecule has 1 fully saturated rings. The van der Waals surface area contributed by atoms with E-state index in [9.17, 15) is 4.79 Å². The Morgan fingerprint density at radius 3 is 2.72 bits per heavy atom. The molecule has 1 amide bonds. The van der Waals surface area contributed by atoms with Crippen molar-refractivity contribution in [3.05, 3.63) is 30.1 Å². The summed E-state index contributed by atoms with van der Waals surface area (Å²) in [6.07, 6.45) is 6.33.